The normalized spacial score (nSPS) is 10.8. The maximum atomic E-state index is 14.6. The van der Waals surface area contributed by atoms with Crippen LogP contribution in [0.3, 0.4) is 0 Å². The van der Waals surface area contributed by atoms with E-state index in [1.54, 1.807) is 19.5 Å². The van der Waals surface area contributed by atoms with E-state index in [4.69, 9.17) is 4.74 Å². The topological polar surface area (TPSA) is 35.0 Å². The first-order chi connectivity index (χ1) is 15.9. The minimum atomic E-state index is -1.57. The average Bonchev–Trinajstić information content (AvgIpc) is 2.81. The lowest BCUT2D eigenvalue weighted by molar-refractivity contribution is 0.202. The number of hydrogen-bond acceptors (Lipinski definition) is 3. The largest absolute Gasteiger partial charge is 0.384 e. The molecule has 0 atom stereocenters. The predicted octanol–water partition coefficient (Wildman–Crippen LogP) is 5.58. The summed E-state index contributed by atoms with van der Waals surface area (Å²) >= 11 is 0. The number of rotatable bonds is 4. The fourth-order valence-electron chi connectivity index (χ4n) is 3.19. The minimum Gasteiger partial charge on any atom is -0.384 e. The second kappa shape index (κ2) is 9.35. The summed E-state index contributed by atoms with van der Waals surface area (Å²) < 4.78 is 74.9. The molecule has 0 saturated carbocycles. The van der Waals surface area contributed by atoms with Crippen LogP contribution in [-0.4, -0.2) is 23.7 Å². The van der Waals surface area contributed by atoms with Crippen molar-refractivity contribution in [2.75, 3.05) is 13.7 Å². The van der Waals surface area contributed by atoms with E-state index in [2.05, 4.69) is 21.8 Å². The van der Waals surface area contributed by atoms with E-state index in [1.165, 1.54) is 18.2 Å². The predicted molar refractivity (Wildman–Crippen MR) is 113 cm³/mol. The summed E-state index contributed by atoms with van der Waals surface area (Å²) in [7, 11) is 1.58. The van der Waals surface area contributed by atoms with Crippen LogP contribution in [-0.2, 0) is 11.2 Å². The number of ether oxygens (including phenoxy) is 1. The molecular weight excluding hydrogens is 439 g/mol. The Bertz CT molecular complexity index is 1390. The van der Waals surface area contributed by atoms with Gasteiger partial charge in [0.2, 0.25) is 0 Å². The Balaban J connectivity index is 1.63. The van der Waals surface area contributed by atoms with Gasteiger partial charge in [-0.25, -0.2) is 31.9 Å². The van der Waals surface area contributed by atoms with Crippen LogP contribution in [0.15, 0.2) is 48.8 Å². The minimum absolute atomic E-state index is 0.0700. The van der Waals surface area contributed by atoms with Crippen molar-refractivity contribution in [3.63, 3.8) is 0 Å². The third-order valence-corrected chi connectivity index (χ3v) is 4.90. The van der Waals surface area contributed by atoms with E-state index in [-0.39, 0.29) is 27.7 Å². The van der Waals surface area contributed by atoms with Crippen LogP contribution in [0.5, 0.6) is 0 Å². The van der Waals surface area contributed by atoms with Crippen molar-refractivity contribution in [3.05, 3.63) is 94.6 Å². The average molecular weight is 454 g/mol. The molecular formula is C25H15F5N2O. The van der Waals surface area contributed by atoms with Gasteiger partial charge in [-0.15, -0.1) is 0 Å². The van der Waals surface area contributed by atoms with Gasteiger partial charge >= 0.3 is 0 Å². The van der Waals surface area contributed by atoms with Gasteiger partial charge in [-0.1, -0.05) is 17.9 Å². The zero-order chi connectivity index (χ0) is 23.5. The molecule has 0 aliphatic carbocycles. The highest BCUT2D eigenvalue weighted by atomic mass is 19.2. The number of benzene rings is 3. The molecule has 0 saturated heterocycles. The van der Waals surface area contributed by atoms with E-state index in [1.807, 2.05) is 0 Å². The molecule has 8 heteroatoms. The molecule has 0 bridgehead atoms. The van der Waals surface area contributed by atoms with Gasteiger partial charge in [0.25, 0.3) is 0 Å². The van der Waals surface area contributed by atoms with Crippen LogP contribution in [0, 0.1) is 40.9 Å². The highest BCUT2D eigenvalue weighted by Gasteiger charge is 2.14. The van der Waals surface area contributed by atoms with Crippen LogP contribution < -0.4 is 0 Å². The zero-order valence-electron chi connectivity index (χ0n) is 17.2. The van der Waals surface area contributed by atoms with Crippen LogP contribution in [0.1, 0.15) is 16.7 Å². The Kier molecular flexibility index (Phi) is 6.33. The van der Waals surface area contributed by atoms with Gasteiger partial charge in [-0.05, 0) is 47.7 Å². The number of fused-ring (bicyclic) bond motifs is 1. The molecule has 166 valence electrons. The van der Waals surface area contributed by atoms with Crippen molar-refractivity contribution >= 4 is 10.8 Å². The van der Waals surface area contributed by atoms with Crippen molar-refractivity contribution in [3.8, 4) is 23.2 Å². The molecule has 0 unspecified atom stereocenters. The van der Waals surface area contributed by atoms with Crippen molar-refractivity contribution in [1.82, 2.24) is 9.97 Å². The first kappa shape index (κ1) is 22.4. The number of methoxy groups -OCH3 is 1. The second-order valence-electron chi connectivity index (χ2n) is 7.14. The van der Waals surface area contributed by atoms with Crippen LogP contribution in [0.4, 0.5) is 22.0 Å². The molecule has 3 aromatic carbocycles. The number of halogens is 5. The summed E-state index contributed by atoms with van der Waals surface area (Å²) in [5.41, 5.74) is 0.729. The molecule has 0 aliphatic rings. The molecule has 3 nitrogen and oxygen atoms in total. The monoisotopic (exact) mass is 454 g/mol. The lowest BCUT2D eigenvalue weighted by Gasteiger charge is -2.05. The van der Waals surface area contributed by atoms with E-state index in [0.717, 1.165) is 23.8 Å². The Morgan fingerprint density at radius 1 is 0.818 bits per heavy atom. The van der Waals surface area contributed by atoms with Crippen molar-refractivity contribution in [2.24, 2.45) is 0 Å². The van der Waals surface area contributed by atoms with Crippen LogP contribution >= 0.6 is 0 Å². The van der Waals surface area contributed by atoms with E-state index in [0.29, 0.717) is 13.0 Å². The molecule has 1 heterocycles. The van der Waals surface area contributed by atoms with Gasteiger partial charge in [-0.2, -0.15) is 0 Å². The third kappa shape index (κ3) is 4.69. The van der Waals surface area contributed by atoms with Crippen molar-refractivity contribution in [1.29, 1.82) is 0 Å². The SMILES string of the molecule is COCCc1cnc(-c2cc(F)c(C#Cc3ccc4c(F)c(F)c(F)cc4c3)c(F)c2)nc1. The molecule has 1 aromatic heterocycles. The number of hydrogen-bond donors (Lipinski definition) is 0. The zero-order valence-corrected chi connectivity index (χ0v) is 17.2. The van der Waals surface area contributed by atoms with Gasteiger partial charge < -0.3 is 4.74 Å². The van der Waals surface area contributed by atoms with E-state index >= 15 is 0 Å². The summed E-state index contributed by atoms with van der Waals surface area (Å²) in [6.07, 6.45) is 3.72. The Hall–Kier alpha value is -3.83. The molecule has 0 amide bonds. The molecule has 0 radical (unpaired) electrons. The molecule has 0 spiro atoms. The van der Waals surface area contributed by atoms with Gasteiger partial charge in [0.1, 0.15) is 11.6 Å². The first-order valence-corrected chi connectivity index (χ1v) is 9.76. The van der Waals surface area contributed by atoms with Gasteiger partial charge in [0, 0.05) is 36.0 Å². The fourth-order valence-corrected chi connectivity index (χ4v) is 3.19. The first-order valence-electron chi connectivity index (χ1n) is 9.76. The van der Waals surface area contributed by atoms with Crippen LogP contribution in [0.25, 0.3) is 22.2 Å². The standard InChI is InChI=1S/C25H15F5N2O/c1-33-7-6-15-12-31-25(32-13-15)17-10-20(26)19(21(27)11-17)5-3-14-2-4-18-16(8-14)9-22(28)24(30)23(18)29/h2,4,8-13H,6-7H2,1H3. The molecule has 4 rings (SSSR count). The molecule has 0 fully saturated rings. The number of aromatic nitrogens is 2. The summed E-state index contributed by atoms with van der Waals surface area (Å²) in [5.74, 6) is -0.938. The van der Waals surface area contributed by atoms with Gasteiger partial charge in [0.15, 0.2) is 23.3 Å². The second-order valence-corrected chi connectivity index (χ2v) is 7.14. The van der Waals surface area contributed by atoms with E-state index < -0.39 is 34.6 Å². The molecule has 4 aromatic rings. The summed E-state index contributed by atoms with van der Waals surface area (Å²) in [4.78, 5) is 8.27. The molecule has 0 aliphatic heterocycles. The van der Waals surface area contributed by atoms with Crippen molar-refractivity contribution in [2.45, 2.75) is 6.42 Å². The maximum absolute atomic E-state index is 14.6. The van der Waals surface area contributed by atoms with E-state index in [9.17, 15) is 22.0 Å². The summed E-state index contributed by atoms with van der Waals surface area (Å²) in [6, 6.07) is 6.85. The lowest BCUT2D eigenvalue weighted by Crippen LogP contribution is -1.99. The van der Waals surface area contributed by atoms with Gasteiger partial charge in [-0.3, -0.25) is 0 Å². The van der Waals surface area contributed by atoms with Crippen molar-refractivity contribution < 1.29 is 26.7 Å². The fraction of sp³-hybridized carbons (Fsp3) is 0.120. The highest BCUT2D eigenvalue weighted by molar-refractivity contribution is 5.84. The van der Waals surface area contributed by atoms with Crippen LogP contribution in [0.2, 0.25) is 0 Å². The molecule has 33 heavy (non-hydrogen) atoms. The lowest BCUT2D eigenvalue weighted by atomic mass is 10.1. The maximum Gasteiger partial charge on any atom is 0.195 e. The third-order valence-electron chi connectivity index (χ3n) is 4.90. The quantitative estimate of drug-likeness (QED) is 0.229. The summed E-state index contributed by atoms with van der Waals surface area (Å²) in [6.45, 7) is 0.497. The Morgan fingerprint density at radius 3 is 2.18 bits per heavy atom. The number of nitrogens with zero attached hydrogens (tertiary/aromatic N) is 2. The smallest absolute Gasteiger partial charge is 0.195 e. The highest BCUT2D eigenvalue weighted by Crippen LogP contribution is 2.25. The summed E-state index contributed by atoms with van der Waals surface area (Å²) in [5, 5.41) is -0.0602. The molecule has 0 N–H and O–H groups in total. The Morgan fingerprint density at radius 2 is 1.52 bits per heavy atom. The Labute approximate surface area is 185 Å². The van der Waals surface area contributed by atoms with Gasteiger partial charge in [0.05, 0.1) is 12.2 Å².